The van der Waals surface area contributed by atoms with Crippen molar-refractivity contribution in [2.24, 2.45) is 0 Å². The lowest BCUT2D eigenvalue weighted by atomic mass is 10.2. The van der Waals surface area contributed by atoms with Gasteiger partial charge in [-0.1, -0.05) is 6.07 Å². The van der Waals surface area contributed by atoms with E-state index in [4.69, 9.17) is 18.6 Å². The fourth-order valence-electron chi connectivity index (χ4n) is 2.07. The number of nitrogens with zero attached hydrogens (tertiary/aromatic N) is 1. The molecule has 0 unspecified atom stereocenters. The molecule has 24 heavy (non-hydrogen) atoms. The molecule has 0 radical (unpaired) electrons. The zero-order valence-electron chi connectivity index (χ0n) is 13.1. The highest BCUT2D eigenvalue weighted by Gasteiger charge is 2.16. The molecule has 0 atom stereocenters. The number of carbonyl (C=O) groups excluding carboxylic acids is 1. The van der Waals surface area contributed by atoms with E-state index in [-0.39, 0.29) is 6.61 Å². The Hall–Kier alpha value is -2.80. The summed E-state index contributed by atoms with van der Waals surface area (Å²) in [5.74, 6) is 0.993. The Morgan fingerprint density at radius 1 is 1.25 bits per heavy atom. The van der Waals surface area contributed by atoms with Gasteiger partial charge in [0.05, 0.1) is 19.1 Å². The lowest BCUT2D eigenvalue weighted by molar-refractivity contribution is 0.0464. The van der Waals surface area contributed by atoms with Crippen molar-refractivity contribution in [3.8, 4) is 22.3 Å². The molecule has 0 saturated heterocycles. The third-order valence-corrected chi connectivity index (χ3v) is 4.12. The first-order chi connectivity index (χ1) is 11.7. The minimum absolute atomic E-state index is 0.0168. The normalized spacial score (nSPS) is 10.4. The maximum absolute atomic E-state index is 12.2. The van der Waals surface area contributed by atoms with Gasteiger partial charge in [-0.05, 0) is 23.6 Å². The van der Waals surface area contributed by atoms with Crippen molar-refractivity contribution in [1.29, 1.82) is 0 Å². The van der Waals surface area contributed by atoms with Gasteiger partial charge in [-0.25, -0.2) is 9.78 Å². The highest BCUT2D eigenvalue weighted by molar-refractivity contribution is 7.13. The molecule has 0 spiro atoms. The Kier molecular flexibility index (Phi) is 4.81. The molecule has 124 valence electrons. The highest BCUT2D eigenvalue weighted by atomic mass is 32.1. The first-order valence-corrected chi connectivity index (χ1v) is 7.96. The number of methoxy groups -OCH3 is 2. The van der Waals surface area contributed by atoms with Crippen LogP contribution in [0, 0.1) is 0 Å². The number of aromatic nitrogens is 1. The molecule has 6 nitrogen and oxygen atoms in total. The van der Waals surface area contributed by atoms with Gasteiger partial charge in [0.25, 0.3) is 0 Å². The van der Waals surface area contributed by atoms with Crippen LogP contribution in [0.15, 0.2) is 46.4 Å². The van der Waals surface area contributed by atoms with E-state index in [9.17, 15) is 4.79 Å². The summed E-state index contributed by atoms with van der Waals surface area (Å²) in [6.45, 7) is 0.0168. The summed E-state index contributed by atoms with van der Waals surface area (Å²) in [5, 5.41) is 1.94. The maximum atomic E-state index is 12.2. The fourth-order valence-corrected chi connectivity index (χ4v) is 2.73. The van der Waals surface area contributed by atoms with Gasteiger partial charge in [-0.15, -0.1) is 11.3 Å². The summed E-state index contributed by atoms with van der Waals surface area (Å²) in [4.78, 5) is 17.5. The average molecular weight is 345 g/mol. The van der Waals surface area contributed by atoms with Gasteiger partial charge in [0, 0.05) is 6.07 Å². The molecule has 0 aliphatic rings. The molecule has 0 bridgehead atoms. The third-order valence-electron chi connectivity index (χ3n) is 3.26. The van der Waals surface area contributed by atoms with Gasteiger partial charge in [-0.2, -0.15) is 0 Å². The second kappa shape index (κ2) is 7.18. The van der Waals surface area contributed by atoms with Crippen molar-refractivity contribution >= 4 is 17.3 Å². The minimum Gasteiger partial charge on any atom is -0.497 e. The van der Waals surface area contributed by atoms with Crippen LogP contribution < -0.4 is 9.47 Å². The van der Waals surface area contributed by atoms with Crippen LogP contribution in [0.25, 0.3) is 10.8 Å². The molecule has 0 aliphatic carbocycles. The molecule has 0 aliphatic heterocycles. The lowest BCUT2D eigenvalue weighted by Crippen LogP contribution is -2.07. The van der Waals surface area contributed by atoms with Crippen LogP contribution in [0.5, 0.6) is 11.5 Å². The maximum Gasteiger partial charge on any atom is 0.342 e. The number of rotatable bonds is 6. The number of ether oxygens (including phenoxy) is 3. The summed E-state index contributed by atoms with van der Waals surface area (Å²) in [6.07, 6.45) is 1.48. The van der Waals surface area contributed by atoms with Gasteiger partial charge in [0.1, 0.15) is 35.6 Å². The van der Waals surface area contributed by atoms with Crippen molar-refractivity contribution in [3.05, 3.63) is 53.2 Å². The van der Waals surface area contributed by atoms with E-state index in [1.807, 2.05) is 17.5 Å². The Bertz CT molecular complexity index is 825. The first kappa shape index (κ1) is 16.1. The molecule has 0 saturated carbocycles. The van der Waals surface area contributed by atoms with Crippen LogP contribution in [0.1, 0.15) is 16.1 Å². The second-order valence-corrected chi connectivity index (χ2v) is 5.71. The van der Waals surface area contributed by atoms with Gasteiger partial charge in [0.15, 0.2) is 0 Å². The third kappa shape index (κ3) is 3.41. The van der Waals surface area contributed by atoms with Gasteiger partial charge < -0.3 is 18.6 Å². The number of hydrogen-bond donors (Lipinski definition) is 0. The predicted octanol–water partition coefficient (Wildman–Crippen LogP) is 3.78. The summed E-state index contributed by atoms with van der Waals surface area (Å²) in [6, 6.07) is 8.72. The molecule has 2 heterocycles. The van der Waals surface area contributed by atoms with E-state index >= 15 is 0 Å². The number of hydrogen-bond acceptors (Lipinski definition) is 7. The minimum atomic E-state index is -0.504. The molecule has 0 amide bonds. The van der Waals surface area contributed by atoms with E-state index in [0.717, 1.165) is 4.88 Å². The molecule has 0 fully saturated rings. The Balaban J connectivity index is 1.67. The molecule has 0 N–H and O–H groups in total. The summed E-state index contributed by atoms with van der Waals surface area (Å²) in [7, 11) is 3.03. The zero-order chi connectivity index (χ0) is 16.9. The van der Waals surface area contributed by atoms with Crippen LogP contribution in [0.3, 0.4) is 0 Å². The quantitative estimate of drug-likeness (QED) is 0.633. The lowest BCUT2D eigenvalue weighted by Gasteiger charge is -2.09. The number of oxazole rings is 1. The number of carbonyl (C=O) groups is 1. The summed E-state index contributed by atoms with van der Waals surface area (Å²) < 4.78 is 21.0. The van der Waals surface area contributed by atoms with E-state index in [1.54, 1.807) is 25.3 Å². The largest absolute Gasteiger partial charge is 0.497 e. The van der Waals surface area contributed by atoms with E-state index in [0.29, 0.717) is 28.6 Å². The number of benzene rings is 1. The Morgan fingerprint density at radius 2 is 2.12 bits per heavy atom. The Morgan fingerprint density at radius 3 is 2.83 bits per heavy atom. The van der Waals surface area contributed by atoms with Crippen molar-refractivity contribution in [1.82, 2.24) is 4.98 Å². The molecule has 1 aromatic carbocycles. The predicted molar refractivity (Wildman–Crippen MR) is 88.5 cm³/mol. The van der Waals surface area contributed by atoms with Crippen LogP contribution in [-0.4, -0.2) is 25.2 Å². The zero-order valence-corrected chi connectivity index (χ0v) is 14.0. The molecule has 3 aromatic rings. The van der Waals surface area contributed by atoms with E-state index < -0.39 is 5.97 Å². The van der Waals surface area contributed by atoms with Crippen LogP contribution in [-0.2, 0) is 11.3 Å². The molecular weight excluding hydrogens is 330 g/mol. The second-order valence-electron chi connectivity index (χ2n) is 4.76. The molecular formula is C17H15NO5S. The summed E-state index contributed by atoms with van der Waals surface area (Å²) in [5.41, 5.74) is 0.861. The van der Waals surface area contributed by atoms with Crippen LogP contribution in [0.4, 0.5) is 0 Å². The van der Waals surface area contributed by atoms with Crippen LogP contribution >= 0.6 is 11.3 Å². The van der Waals surface area contributed by atoms with Crippen LogP contribution in [0.2, 0.25) is 0 Å². The topological polar surface area (TPSA) is 70.8 Å². The molecule has 3 rings (SSSR count). The first-order valence-electron chi connectivity index (χ1n) is 7.08. The fraction of sp³-hybridized carbons (Fsp3) is 0.176. The standard InChI is InChI=1S/C17H15NO5S/c1-20-12-5-6-13(14(8-12)21-2)17(19)23-10-11-9-22-16(18-11)15-4-3-7-24-15/h3-9H,10H2,1-2H3. The van der Waals surface area contributed by atoms with Gasteiger partial charge in [0.2, 0.25) is 5.89 Å². The number of esters is 1. The highest BCUT2D eigenvalue weighted by Crippen LogP contribution is 2.26. The van der Waals surface area contributed by atoms with Crippen molar-refractivity contribution in [2.75, 3.05) is 14.2 Å². The van der Waals surface area contributed by atoms with Gasteiger partial charge in [-0.3, -0.25) is 0 Å². The smallest absolute Gasteiger partial charge is 0.342 e. The van der Waals surface area contributed by atoms with Crippen molar-refractivity contribution < 1.29 is 23.4 Å². The molecule has 7 heteroatoms. The Labute approximate surface area is 142 Å². The van der Waals surface area contributed by atoms with E-state index in [2.05, 4.69) is 4.98 Å². The van der Waals surface area contributed by atoms with E-state index in [1.165, 1.54) is 24.7 Å². The van der Waals surface area contributed by atoms with Crippen molar-refractivity contribution in [2.45, 2.75) is 6.61 Å². The SMILES string of the molecule is COc1ccc(C(=O)OCc2coc(-c3cccs3)n2)c(OC)c1. The summed E-state index contributed by atoms with van der Waals surface area (Å²) >= 11 is 1.53. The van der Waals surface area contributed by atoms with Gasteiger partial charge >= 0.3 is 5.97 Å². The monoisotopic (exact) mass is 345 g/mol. The van der Waals surface area contributed by atoms with Crippen molar-refractivity contribution in [3.63, 3.8) is 0 Å². The molecule has 2 aromatic heterocycles. The average Bonchev–Trinajstić information content (AvgIpc) is 3.30. The number of thiophene rings is 1.